The van der Waals surface area contributed by atoms with Crippen LogP contribution >= 0.6 is 0 Å². The van der Waals surface area contributed by atoms with Gasteiger partial charge in [0, 0.05) is 12.6 Å². The van der Waals surface area contributed by atoms with E-state index < -0.39 is 24.0 Å². The van der Waals surface area contributed by atoms with Gasteiger partial charge in [0.2, 0.25) is 5.91 Å². The Kier molecular flexibility index (Phi) is 5.32. The Labute approximate surface area is 111 Å². The van der Waals surface area contributed by atoms with E-state index in [9.17, 15) is 14.7 Å². The van der Waals surface area contributed by atoms with Gasteiger partial charge in [-0.3, -0.25) is 4.79 Å². The standard InChI is InChI=1S/C13H18N2O4/c1-3-19-13(18)11(15-8(2)16)12(17)9-4-6-10(14)7-5-9/h4-7,11-12,17H,3,14H2,1-2H3,(H,15,16)/t11-,12+/m1/s1. The van der Waals surface area contributed by atoms with Crippen LogP contribution in [0, 0.1) is 0 Å². The van der Waals surface area contributed by atoms with Crippen LogP contribution < -0.4 is 11.1 Å². The Morgan fingerprint density at radius 1 is 1.37 bits per heavy atom. The molecule has 4 N–H and O–H groups in total. The first kappa shape index (κ1) is 15.0. The highest BCUT2D eigenvalue weighted by molar-refractivity contribution is 5.84. The second-order valence-electron chi connectivity index (χ2n) is 4.04. The molecule has 0 saturated carbocycles. The van der Waals surface area contributed by atoms with E-state index in [4.69, 9.17) is 10.5 Å². The normalized spacial score (nSPS) is 13.4. The number of carbonyl (C=O) groups excluding carboxylic acids is 2. The van der Waals surface area contributed by atoms with E-state index in [1.54, 1.807) is 31.2 Å². The fourth-order valence-electron chi connectivity index (χ4n) is 1.60. The van der Waals surface area contributed by atoms with Gasteiger partial charge in [-0.15, -0.1) is 0 Å². The van der Waals surface area contributed by atoms with Gasteiger partial charge in [0.15, 0.2) is 6.04 Å². The number of amides is 1. The van der Waals surface area contributed by atoms with Gasteiger partial charge in [-0.25, -0.2) is 4.79 Å². The molecule has 6 heteroatoms. The number of aliphatic hydroxyl groups excluding tert-OH is 1. The molecule has 0 saturated heterocycles. The number of ether oxygens (including phenoxy) is 1. The first-order valence-electron chi connectivity index (χ1n) is 5.93. The SMILES string of the molecule is CCOC(=O)[C@H](NC(C)=O)[C@@H](O)c1ccc(N)cc1. The predicted molar refractivity (Wildman–Crippen MR) is 70.1 cm³/mol. The maximum atomic E-state index is 11.7. The van der Waals surface area contributed by atoms with Crippen molar-refractivity contribution in [1.29, 1.82) is 0 Å². The first-order valence-corrected chi connectivity index (χ1v) is 5.93. The minimum atomic E-state index is -1.19. The van der Waals surface area contributed by atoms with Gasteiger partial charge in [-0.05, 0) is 24.6 Å². The van der Waals surface area contributed by atoms with Crippen LogP contribution in [0.2, 0.25) is 0 Å². The van der Waals surface area contributed by atoms with E-state index in [1.807, 2.05) is 0 Å². The lowest BCUT2D eigenvalue weighted by Crippen LogP contribution is -2.45. The third kappa shape index (κ3) is 4.26. The smallest absolute Gasteiger partial charge is 0.331 e. The largest absolute Gasteiger partial charge is 0.464 e. The summed E-state index contributed by atoms with van der Waals surface area (Å²) in [6.07, 6.45) is -1.19. The van der Waals surface area contributed by atoms with E-state index in [2.05, 4.69) is 5.32 Å². The molecule has 1 aromatic carbocycles. The molecule has 0 fully saturated rings. The van der Waals surface area contributed by atoms with Crippen LogP contribution in [0.15, 0.2) is 24.3 Å². The molecule has 1 aromatic rings. The van der Waals surface area contributed by atoms with Gasteiger partial charge in [0.05, 0.1) is 6.61 Å². The van der Waals surface area contributed by atoms with Crippen molar-refractivity contribution in [2.45, 2.75) is 26.0 Å². The Balaban J connectivity index is 2.92. The second-order valence-corrected chi connectivity index (χ2v) is 4.04. The molecule has 0 aliphatic heterocycles. The van der Waals surface area contributed by atoms with Crippen LogP contribution in [-0.4, -0.2) is 29.6 Å². The molecule has 0 aromatic heterocycles. The van der Waals surface area contributed by atoms with Crippen LogP contribution in [0.5, 0.6) is 0 Å². The second kappa shape index (κ2) is 6.75. The lowest BCUT2D eigenvalue weighted by Gasteiger charge is -2.22. The molecule has 0 spiro atoms. The van der Waals surface area contributed by atoms with Gasteiger partial charge in [0.1, 0.15) is 6.10 Å². The molecule has 104 valence electrons. The van der Waals surface area contributed by atoms with Crippen LogP contribution in [0.1, 0.15) is 25.5 Å². The Bertz CT molecular complexity index is 444. The predicted octanol–water partition coefficient (Wildman–Crippen LogP) is 0.370. The molecular formula is C13H18N2O4. The van der Waals surface area contributed by atoms with Crippen molar-refractivity contribution in [2.75, 3.05) is 12.3 Å². The molecule has 19 heavy (non-hydrogen) atoms. The van der Waals surface area contributed by atoms with Crippen molar-refractivity contribution in [3.05, 3.63) is 29.8 Å². The molecular weight excluding hydrogens is 248 g/mol. The van der Waals surface area contributed by atoms with Gasteiger partial charge in [0.25, 0.3) is 0 Å². The summed E-state index contributed by atoms with van der Waals surface area (Å²) in [5.41, 5.74) is 6.57. The van der Waals surface area contributed by atoms with Crippen LogP contribution in [-0.2, 0) is 14.3 Å². The number of esters is 1. The summed E-state index contributed by atoms with van der Waals surface area (Å²) in [5, 5.41) is 12.5. The van der Waals surface area contributed by atoms with Gasteiger partial charge in [-0.1, -0.05) is 12.1 Å². The number of hydrogen-bond acceptors (Lipinski definition) is 5. The number of hydrogen-bond donors (Lipinski definition) is 3. The number of rotatable bonds is 5. The molecule has 1 rings (SSSR count). The number of carbonyl (C=O) groups is 2. The summed E-state index contributed by atoms with van der Waals surface area (Å²) >= 11 is 0. The lowest BCUT2D eigenvalue weighted by atomic mass is 10.0. The van der Waals surface area contributed by atoms with Crippen molar-refractivity contribution in [2.24, 2.45) is 0 Å². The van der Waals surface area contributed by atoms with E-state index in [0.29, 0.717) is 11.3 Å². The zero-order chi connectivity index (χ0) is 14.4. The Morgan fingerprint density at radius 2 is 1.95 bits per heavy atom. The van der Waals surface area contributed by atoms with Crippen LogP contribution in [0.4, 0.5) is 5.69 Å². The van der Waals surface area contributed by atoms with Crippen molar-refractivity contribution in [3.8, 4) is 0 Å². The molecule has 0 aliphatic rings. The summed E-state index contributed by atoms with van der Waals surface area (Å²) in [7, 11) is 0. The highest BCUT2D eigenvalue weighted by atomic mass is 16.5. The number of benzene rings is 1. The molecule has 6 nitrogen and oxygen atoms in total. The average molecular weight is 266 g/mol. The van der Waals surface area contributed by atoms with Crippen molar-refractivity contribution < 1.29 is 19.4 Å². The molecule has 1 amide bonds. The number of anilines is 1. The average Bonchev–Trinajstić information content (AvgIpc) is 2.36. The van der Waals surface area contributed by atoms with Crippen LogP contribution in [0.3, 0.4) is 0 Å². The molecule has 0 radical (unpaired) electrons. The zero-order valence-corrected chi connectivity index (χ0v) is 10.9. The van der Waals surface area contributed by atoms with E-state index in [0.717, 1.165) is 0 Å². The first-order chi connectivity index (χ1) is 8.95. The third-order valence-electron chi connectivity index (χ3n) is 2.49. The summed E-state index contributed by atoms with van der Waals surface area (Å²) in [6.45, 7) is 3.09. The van der Waals surface area contributed by atoms with Gasteiger partial charge < -0.3 is 20.9 Å². The Hall–Kier alpha value is -2.08. The fraction of sp³-hybridized carbons (Fsp3) is 0.385. The zero-order valence-electron chi connectivity index (χ0n) is 10.9. The lowest BCUT2D eigenvalue weighted by molar-refractivity contribution is -0.150. The van der Waals surface area contributed by atoms with Crippen molar-refractivity contribution in [1.82, 2.24) is 5.32 Å². The minimum Gasteiger partial charge on any atom is -0.464 e. The number of nitrogen functional groups attached to an aromatic ring is 1. The van der Waals surface area contributed by atoms with Gasteiger partial charge in [-0.2, -0.15) is 0 Å². The number of aliphatic hydroxyl groups is 1. The summed E-state index contributed by atoms with van der Waals surface area (Å²) in [6, 6.07) is 5.26. The summed E-state index contributed by atoms with van der Waals surface area (Å²) in [4.78, 5) is 22.8. The number of nitrogens with one attached hydrogen (secondary N) is 1. The van der Waals surface area contributed by atoms with E-state index in [-0.39, 0.29) is 6.61 Å². The quantitative estimate of drug-likeness (QED) is 0.528. The molecule has 0 unspecified atom stereocenters. The van der Waals surface area contributed by atoms with Crippen molar-refractivity contribution >= 4 is 17.6 Å². The highest BCUT2D eigenvalue weighted by Crippen LogP contribution is 2.19. The van der Waals surface area contributed by atoms with Crippen LogP contribution in [0.25, 0.3) is 0 Å². The van der Waals surface area contributed by atoms with E-state index >= 15 is 0 Å². The maximum Gasteiger partial charge on any atom is 0.331 e. The highest BCUT2D eigenvalue weighted by Gasteiger charge is 2.30. The molecule has 0 bridgehead atoms. The minimum absolute atomic E-state index is 0.170. The summed E-state index contributed by atoms with van der Waals surface area (Å²) < 4.78 is 4.83. The molecule has 0 heterocycles. The molecule has 2 atom stereocenters. The third-order valence-corrected chi connectivity index (χ3v) is 2.49. The molecule has 0 aliphatic carbocycles. The Morgan fingerprint density at radius 3 is 2.42 bits per heavy atom. The fourth-order valence-corrected chi connectivity index (χ4v) is 1.60. The van der Waals surface area contributed by atoms with E-state index in [1.165, 1.54) is 6.92 Å². The maximum absolute atomic E-state index is 11.7. The monoisotopic (exact) mass is 266 g/mol. The summed E-state index contributed by atoms with van der Waals surface area (Å²) in [5.74, 6) is -1.10. The van der Waals surface area contributed by atoms with Gasteiger partial charge >= 0.3 is 5.97 Å². The number of nitrogens with two attached hydrogens (primary N) is 1. The topological polar surface area (TPSA) is 102 Å². The van der Waals surface area contributed by atoms with Crippen molar-refractivity contribution in [3.63, 3.8) is 0 Å².